The molecule has 4 nitrogen and oxygen atoms in total. The molecule has 2 aliphatic rings. The minimum Gasteiger partial charge on any atom is -0.454 e. The molecular weight excluding hydrogens is 250 g/mol. The van der Waals surface area contributed by atoms with Gasteiger partial charge in [-0.15, -0.1) is 0 Å². The summed E-state index contributed by atoms with van der Waals surface area (Å²) >= 11 is 0. The number of carbonyl (C=O) groups is 1. The van der Waals surface area contributed by atoms with Crippen molar-refractivity contribution in [1.29, 1.82) is 0 Å². The van der Waals surface area contributed by atoms with Gasteiger partial charge in [-0.1, -0.05) is 0 Å². The summed E-state index contributed by atoms with van der Waals surface area (Å²) in [6.45, 7) is 12.1. The van der Waals surface area contributed by atoms with Crippen LogP contribution < -0.4 is 0 Å². The number of carbonyl (C=O) groups excluding carboxylic acids is 1. The van der Waals surface area contributed by atoms with Gasteiger partial charge in [-0.3, -0.25) is 4.79 Å². The molecule has 0 unspecified atom stereocenters. The lowest BCUT2D eigenvalue weighted by Gasteiger charge is -2.44. The molecule has 0 amide bonds. The van der Waals surface area contributed by atoms with Crippen LogP contribution >= 0.6 is 0 Å². The number of hydrogen-bond acceptors (Lipinski definition) is 3. The maximum Gasteiger partial charge on any atom is 0.307 e. The number of piperazine rings is 1. The Labute approximate surface area is 122 Å². The zero-order valence-corrected chi connectivity index (χ0v) is 12.9. The highest BCUT2D eigenvalue weighted by atomic mass is 16.1. The average Bonchev–Trinajstić information content (AvgIpc) is 2.44. The summed E-state index contributed by atoms with van der Waals surface area (Å²) in [6.07, 6.45) is 5.51. The van der Waals surface area contributed by atoms with Crippen LogP contribution in [-0.4, -0.2) is 47.8 Å². The molecule has 4 heteroatoms. The molecule has 0 saturated carbocycles. The van der Waals surface area contributed by atoms with E-state index in [1.54, 1.807) is 6.08 Å². The zero-order chi connectivity index (χ0) is 14.7. The van der Waals surface area contributed by atoms with Crippen LogP contribution in [0.2, 0.25) is 0 Å². The Morgan fingerprint density at radius 2 is 2.00 bits per heavy atom. The molecule has 0 bridgehead atoms. The summed E-state index contributed by atoms with van der Waals surface area (Å²) in [6, 6.07) is 0.580. The second-order valence-corrected chi connectivity index (χ2v) is 5.61. The molecule has 0 aromatic heterocycles. The Morgan fingerprint density at radius 1 is 1.35 bits per heavy atom. The van der Waals surface area contributed by atoms with E-state index >= 15 is 0 Å². The first-order valence-electron chi connectivity index (χ1n) is 7.33. The van der Waals surface area contributed by atoms with E-state index in [0.717, 1.165) is 43.6 Å². The predicted octanol–water partition coefficient (Wildman–Crippen LogP) is 2.51. The van der Waals surface area contributed by atoms with Gasteiger partial charge in [0.05, 0.1) is 12.5 Å². The van der Waals surface area contributed by atoms with Crippen LogP contribution in [0.25, 0.3) is 5.32 Å². The number of allylic oxidation sites excluding steroid dienone is 3. The second-order valence-electron chi connectivity index (χ2n) is 5.61. The van der Waals surface area contributed by atoms with Crippen LogP contribution in [0, 0.1) is 12.3 Å². The lowest BCUT2D eigenvalue weighted by Crippen LogP contribution is -2.48. The molecule has 2 aliphatic heterocycles. The normalized spacial score (nSPS) is 23.1. The second kappa shape index (κ2) is 6.27. The maximum atomic E-state index is 12.0. The molecule has 0 aliphatic carbocycles. The molecule has 1 saturated heterocycles. The van der Waals surface area contributed by atoms with Crippen molar-refractivity contribution in [1.82, 2.24) is 9.80 Å². The highest BCUT2D eigenvalue weighted by Gasteiger charge is 2.34. The third kappa shape index (κ3) is 3.12. The number of rotatable bonds is 3. The van der Waals surface area contributed by atoms with Gasteiger partial charge in [0.2, 0.25) is 5.70 Å². The number of hydrogen-bond donors (Lipinski definition) is 0. The van der Waals surface area contributed by atoms with Crippen molar-refractivity contribution in [3.63, 3.8) is 0 Å². The van der Waals surface area contributed by atoms with E-state index in [1.165, 1.54) is 0 Å². The summed E-state index contributed by atoms with van der Waals surface area (Å²) in [5, 5.41) is 4.64. The lowest BCUT2D eigenvalue weighted by atomic mass is 9.97. The Bertz CT molecular complexity index is 417. The number of ketones is 1. The van der Waals surface area contributed by atoms with E-state index in [-0.39, 0.29) is 5.78 Å². The zero-order valence-electron chi connectivity index (χ0n) is 12.9. The third-order valence-corrected chi connectivity index (χ3v) is 3.94. The Kier molecular flexibility index (Phi) is 4.65. The van der Waals surface area contributed by atoms with Gasteiger partial charge in [-0.25, -0.2) is 0 Å². The summed E-state index contributed by atoms with van der Waals surface area (Å²) < 4.78 is 0. The van der Waals surface area contributed by atoms with Gasteiger partial charge in [0.15, 0.2) is 12.0 Å². The van der Waals surface area contributed by atoms with Crippen LogP contribution in [0.5, 0.6) is 0 Å². The summed E-state index contributed by atoms with van der Waals surface area (Å²) in [5.41, 5.74) is 0.793. The molecule has 108 valence electrons. The standard InChI is InChI=1S/C16H24N3O/c1-5-6-14-13(4)15(20)11-16(17-14)19-9-7-18(8-10-19)12(2)3/h5-6,11-12H,7-10H2,1-4H3/q+1/b14-6+. The largest absolute Gasteiger partial charge is 0.454 e. The first kappa shape index (κ1) is 14.9. The molecule has 0 atom stereocenters. The first-order valence-corrected chi connectivity index (χ1v) is 7.33. The first-order chi connectivity index (χ1) is 9.52. The van der Waals surface area contributed by atoms with E-state index in [4.69, 9.17) is 0 Å². The van der Waals surface area contributed by atoms with E-state index < -0.39 is 0 Å². The molecule has 0 aromatic carbocycles. The molecule has 2 rings (SSSR count). The fourth-order valence-corrected chi connectivity index (χ4v) is 2.54. The van der Waals surface area contributed by atoms with Crippen molar-refractivity contribution < 1.29 is 4.79 Å². The van der Waals surface area contributed by atoms with Crippen molar-refractivity contribution in [2.24, 2.45) is 0 Å². The molecule has 2 heterocycles. The van der Waals surface area contributed by atoms with Gasteiger partial charge in [0.25, 0.3) is 0 Å². The molecule has 0 spiro atoms. The molecule has 0 aromatic rings. The molecule has 20 heavy (non-hydrogen) atoms. The van der Waals surface area contributed by atoms with Crippen LogP contribution in [0.15, 0.2) is 23.7 Å². The van der Waals surface area contributed by atoms with Crippen molar-refractivity contribution in [2.75, 3.05) is 26.2 Å². The highest BCUT2D eigenvalue weighted by molar-refractivity contribution is 6.06. The van der Waals surface area contributed by atoms with Crippen LogP contribution in [0.4, 0.5) is 0 Å². The summed E-state index contributed by atoms with van der Waals surface area (Å²) in [5.74, 6) is 1.62. The minimum atomic E-state index is 0.0781. The third-order valence-electron chi connectivity index (χ3n) is 3.94. The van der Waals surface area contributed by atoms with Gasteiger partial charge in [0, 0.05) is 25.7 Å². The monoisotopic (exact) mass is 274 g/mol. The van der Waals surface area contributed by atoms with Gasteiger partial charge in [-0.2, -0.15) is 0 Å². The van der Waals surface area contributed by atoms with Crippen LogP contribution in [-0.2, 0) is 4.79 Å². The quantitative estimate of drug-likeness (QED) is 0.742. The minimum absolute atomic E-state index is 0.0781. The SMILES string of the molecule is C[CH+]/C=C1/[N-]C(N2CCN(C(C)C)CC2)=CC(=O)[C+]1C. The fraction of sp³-hybridized carbons (Fsp3) is 0.562. The van der Waals surface area contributed by atoms with Crippen LogP contribution in [0.1, 0.15) is 27.7 Å². The highest BCUT2D eigenvalue weighted by Crippen LogP contribution is 2.32. The van der Waals surface area contributed by atoms with Crippen LogP contribution in [0.3, 0.4) is 0 Å². The van der Waals surface area contributed by atoms with E-state index in [0.29, 0.717) is 6.04 Å². The lowest BCUT2D eigenvalue weighted by molar-refractivity contribution is -0.112. The van der Waals surface area contributed by atoms with Gasteiger partial charge < -0.3 is 15.1 Å². The summed E-state index contributed by atoms with van der Waals surface area (Å²) in [4.78, 5) is 16.7. The smallest absolute Gasteiger partial charge is 0.307 e. The Balaban J connectivity index is 2.05. The van der Waals surface area contributed by atoms with Crippen molar-refractivity contribution in [2.45, 2.75) is 33.7 Å². The molecule has 0 radical (unpaired) electrons. The maximum absolute atomic E-state index is 12.0. The topological polar surface area (TPSA) is 37.7 Å². The summed E-state index contributed by atoms with van der Waals surface area (Å²) in [7, 11) is 0. The van der Waals surface area contributed by atoms with Gasteiger partial charge >= 0.3 is 5.78 Å². The number of nitrogens with zero attached hydrogens (tertiary/aromatic N) is 3. The van der Waals surface area contributed by atoms with E-state index in [9.17, 15) is 4.79 Å². The van der Waals surface area contributed by atoms with E-state index in [2.05, 4.69) is 29.0 Å². The van der Waals surface area contributed by atoms with Crippen molar-refractivity contribution >= 4 is 5.78 Å². The average molecular weight is 274 g/mol. The fourth-order valence-electron chi connectivity index (χ4n) is 2.54. The Hall–Kier alpha value is -1.55. The molecule has 0 N–H and O–H groups in total. The van der Waals surface area contributed by atoms with Gasteiger partial charge in [0.1, 0.15) is 0 Å². The molecule has 1 fully saturated rings. The van der Waals surface area contributed by atoms with Crippen molar-refractivity contribution in [3.8, 4) is 0 Å². The molecular formula is C16H24N3O+. The predicted molar refractivity (Wildman–Crippen MR) is 81.7 cm³/mol. The van der Waals surface area contributed by atoms with E-state index in [1.807, 2.05) is 26.3 Å². The van der Waals surface area contributed by atoms with Crippen molar-refractivity contribution in [3.05, 3.63) is 41.3 Å². The van der Waals surface area contributed by atoms with Gasteiger partial charge in [-0.05, 0) is 40.0 Å². The Morgan fingerprint density at radius 3 is 2.55 bits per heavy atom.